The minimum Gasteiger partial charge on any atom is -0.308 e. The van der Waals surface area contributed by atoms with Gasteiger partial charge in [0.25, 0.3) is 0 Å². The SMILES string of the molecule is CC(C)(C)CC(Cl)CNCc1ncccn1. The van der Waals surface area contributed by atoms with Gasteiger partial charge in [0.05, 0.1) is 6.54 Å². The van der Waals surface area contributed by atoms with Crippen molar-refractivity contribution in [3.05, 3.63) is 24.3 Å². The first-order chi connectivity index (χ1) is 7.47. The van der Waals surface area contributed by atoms with Crippen LogP contribution >= 0.6 is 11.6 Å². The minimum absolute atomic E-state index is 0.156. The number of nitrogens with zero attached hydrogens (tertiary/aromatic N) is 2. The van der Waals surface area contributed by atoms with E-state index in [2.05, 4.69) is 36.1 Å². The van der Waals surface area contributed by atoms with E-state index in [1.807, 2.05) is 6.07 Å². The molecule has 4 heteroatoms. The van der Waals surface area contributed by atoms with E-state index in [-0.39, 0.29) is 10.8 Å². The largest absolute Gasteiger partial charge is 0.308 e. The topological polar surface area (TPSA) is 37.8 Å². The molecule has 1 aromatic rings. The maximum atomic E-state index is 6.23. The third-order valence-corrected chi connectivity index (χ3v) is 2.41. The van der Waals surface area contributed by atoms with Gasteiger partial charge in [-0.25, -0.2) is 9.97 Å². The Balaban J connectivity index is 2.21. The molecule has 1 N–H and O–H groups in total. The zero-order valence-corrected chi connectivity index (χ0v) is 11.0. The Bertz CT molecular complexity index is 295. The van der Waals surface area contributed by atoms with Crippen molar-refractivity contribution in [2.24, 2.45) is 5.41 Å². The second-order valence-corrected chi connectivity index (χ2v) is 5.78. The fraction of sp³-hybridized carbons (Fsp3) is 0.667. The molecule has 0 bridgehead atoms. The first-order valence-corrected chi connectivity index (χ1v) is 6.02. The molecule has 16 heavy (non-hydrogen) atoms. The molecule has 1 atom stereocenters. The fourth-order valence-corrected chi connectivity index (χ4v) is 2.07. The number of halogens is 1. The number of alkyl halides is 1. The average molecular weight is 242 g/mol. The van der Waals surface area contributed by atoms with Gasteiger partial charge in [0, 0.05) is 24.3 Å². The third kappa shape index (κ3) is 6.03. The third-order valence-electron chi connectivity index (χ3n) is 2.10. The zero-order valence-electron chi connectivity index (χ0n) is 10.2. The van der Waals surface area contributed by atoms with Gasteiger partial charge in [0.15, 0.2) is 0 Å². The van der Waals surface area contributed by atoms with Crippen molar-refractivity contribution in [1.82, 2.24) is 15.3 Å². The van der Waals surface area contributed by atoms with E-state index in [0.29, 0.717) is 6.54 Å². The summed E-state index contributed by atoms with van der Waals surface area (Å²) < 4.78 is 0. The van der Waals surface area contributed by atoms with Crippen LogP contribution in [0, 0.1) is 5.41 Å². The molecule has 1 aromatic heterocycles. The van der Waals surface area contributed by atoms with Crippen molar-refractivity contribution in [2.45, 2.75) is 39.1 Å². The number of rotatable bonds is 5. The summed E-state index contributed by atoms with van der Waals surface area (Å²) >= 11 is 6.23. The molecule has 0 amide bonds. The van der Waals surface area contributed by atoms with Crippen LogP contribution in [0.25, 0.3) is 0 Å². The molecule has 0 saturated heterocycles. The minimum atomic E-state index is 0.156. The summed E-state index contributed by atoms with van der Waals surface area (Å²) in [5, 5.41) is 3.42. The molecule has 90 valence electrons. The van der Waals surface area contributed by atoms with Gasteiger partial charge < -0.3 is 5.32 Å². The van der Waals surface area contributed by atoms with Crippen LogP contribution in [0.2, 0.25) is 0 Å². The van der Waals surface area contributed by atoms with E-state index in [9.17, 15) is 0 Å². The molecule has 0 aliphatic rings. The average Bonchev–Trinajstić information content (AvgIpc) is 2.16. The highest BCUT2D eigenvalue weighted by atomic mass is 35.5. The molecule has 1 heterocycles. The van der Waals surface area contributed by atoms with Crippen LogP contribution in [-0.4, -0.2) is 21.9 Å². The summed E-state index contributed by atoms with van der Waals surface area (Å²) in [7, 11) is 0. The monoisotopic (exact) mass is 241 g/mol. The summed E-state index contributed by atoms with van der Waals surface area (Å²) in [4.78, 5) is 8.27. The van der Waals surface area contributed by atoms with E-state index in [1.54, 1.807) is 12.4 Å². The summed E-state index contributed by atoms with van der Waals surface area (Å²) in [6.45, 7) is 8.05. The number of nitrogens with one attached hydrogen (secondary N) is 1. The fourth-order valence-electron chi connectivity index (χ4n) is 1.50. The summed E-state index contributed by atoms with van der Waals surface area (Å²) in [5.74, 6) is 0.808. The van der Waals surface area contributed by atoms with Gasteiger partial charge in [-0.1, -0.05) is 20.8 Å². The van der Waals surface area contributed by atoms with Crippen LogP contribution in [-0.2, 0) is 6.54 Å². The number of hydrogen-bond acceptors (Lipinski definition) is 3. The van der Waals surface area contributed by atoms with E-state index >= 15 is 0 Å². The quantitative estimate of drug-likeness (QED) is 0.806. The van der Waals surface area contributed by atoms with E-state index in [4.69, 9.17) is 11.6 Å². The molecule has 0 aliphatic carbocycles. The van der Waals surface area contributed by atoms with Gasteiger partial charge in [-0.2, -0.15) is 0 Å². The molecular formula is C12H20ClN3. The summed E-state index contributed by atoms with van der Waals surface area (Å²) in [6.07, 6.45) is 4.49. The van der Waals surface area contributed by atoms with E-state index in [0.717, 1.165) is 18.8 Å². The molecule has 0 spiro atoms. The normalized spacial score (nSPS) is 13.8. The summed E-state index contributed by atoms with van der Waals surface area (Å²) in [6, 6.07) is 1.81. The van der Waals surface area contributed by atoms with Crippen molar-refractivity contribution < 1.29 is 0 Å². The van der Waals surface area contributed by atoms with E-state index in [1.165, 1.54) is 0 Å². The van der Waals surface area contributed by atoms with Crippen LogP contribution in [0.3, 0.4) is 0 Å². The second kappa shape index (κ2) is 6.16. The van der Waals surface area contributed by atoms with Crippen LogP contribution in [0.1, 0.15) is 33.0 Å². The number of aromatic nitrogens is 2. The van der Waals surface area contributed by atoms with Gasteiger partial charge >= 0.3 is 0 Å². The second-order valence-electron chi connectivity index (χ2n) is 5.16. The molecule has 0 fully saturated rings. The molecule has 0 aliphatic heterocycles. The van der Waals surface area contributed by atoms with E-state index < -0.39 is 0 Å². The van der Waals surface area contributed by atoms with Crippen molar-refractivity contribution in [3.8, 4) is 0 Å². The van der Waals surface area contributed by atoms with Gasteiger partial charge in [-0.15, -0.1) is 11.6 Å². The lowest BCUT2D eigenvalue weighted by Crippen LogP contribution is -2.26. The number of hydrogen-bond donors (Lipinski definition) is 1. The lowest BCUT2D eigenvalue weighted by atomic mass is 9.90. The van der Waals surface area contributed by atoms with Crippen molar-refractivity contribution in [3.63, 3.8) is 0 Å². The highest BCUT2D eigenvalue weighted by Crippen LogP contribution is 2.23. The molecule has 0 radical (unpaired) electrons. The lowest BCUT2D eigenvalue weighted by molar-refractivity contribution is 0.364. The maximum absolute atomic E-state index is 6.23. The predicted molar refractivity (Wildman–Crippen MR) is 67.5 cm³/mol. The van der Waals surface area contributed by atoms with Gasteiger partial charge in [-0.3, -0.25) is 0 Å². The van der Waals surface area contributed by atoms with Crippen LogP contribution in [0.15, 0.2) is 18.5 Å². The Labute approximate surface area is 103 Å². The Kier molecular flexibility index (Phi) is 5.16. The lowest BCUT2D eigenvalue weighted by Gasteiger charge is -2.21. The molecule has 3 nitrogen and oxygen atoms in total. The Hall–Kier alpha value is -0.670. The predicted octanol–water partition coefficient (Wildman–Crippen LogP) is 2.61. The Morgan fingerprint density at radius 2 is 1.94 bits per heavy atom. The van der Waals surface area contributed by atoms with Crippen LogP contribution < -0.4 is 5.32 Å². The maximum Gasteiger partial charge on any atom is 0.141 e. The zero-order chi connectivity index (χ0) is 12.0. The van der Waals surface area contributed by atoms with Crippen molar-refractivity contribution in [2.75, 3.05) is 6.54 Å². The standard InChI is InChI=1S/C12H20ClN3/c1-12(2,3)7-10(13)8-14-9-11-15-5-4-6-16-11/h4-6,10,14H,7-9H2,1-3H3. The Morgan fingerprint density at radius 1 is 1.31 bits per heavy atom. The van der Waals surface area contributed by atoms with Crippen LogP contribution in [0.5, 0.6) is 0 Å². The van der Waals surface area contributed by atoms with Gasteiger partial charge in [0.2, 0.25) is 0 Å². The highest BCUT2D eigenvalue weighted by molar-refractivity contribution is 6.20. The molecule has 1 unspecified atom stereocenters. The molecule has 1 rings (SSSR count). The van der Waals surface area contributed by atoms with Crippen molar-refractivity contribution in [1.29, 1.82) is 0 Å². The first-order valence-electron chi connectivity index (χ1n) is 5.58. The van der Waals surface area contributed by atoms with Gasteiger partial charge in [0.1, 0.15) is 5.82 Å². The Morgan fingerprint density at radius 3 is 2.50 bits per heavy atom. The smallest absolute Gasteiger partial charge is 0.141 e. The molecule has 0 saturated carbocycles. The molecular weight excluding hydrogens is 222 g/mol. The highest BCUT2D eigenvalue weighted by Gasteiger charge is 2.16. The van der Waals surface area contributed by atoms with Crippen molar-refractivity contribution >= 4 is 11.6 Å². The summed E-state index contributed by atoms with van der Waals surface area (Å²) in [5.41, 5.74) is 0.275. The van der Waals surface area contributed by atoms with Gasteiger partial charge in [-0.05, 0) is 17.9 Å². The first kappa shape index (κ1) is 13.4. The van der Waals surface area contributed by atoms with Crippen LogP contribution in [0.4, 0.5) is 0 Å². The molecule has 0 aromatic carbocycles.